The number of urea groups is 1. The molecule has 7 nitrogen and oxygen atoms in total. The van der Waals surface area contributed by atoms with E-state index in [0.717, 1.165) is 26.2 Å². The topological polar surface area (TPSA) is 95.7 Å². The molecule has 1 saturated heterocycles. The van der Waals surface area contributed by atoms with Crippen molar-refractivity contribution in [3.63, 3.8) is 0 Å². The zero-order chi connectivity index (χ0) is 17.2. The van der Waals surface area contributed by atoms with Crippen LogP contribution in [0.5, 0.6) is 0 Å². The Morgan fingerprint density at radius 1 is 1.04 bits per heavy atom. The van der Waals surface area contributed by atoms with Gasteiger partial charge in [-0.05, 0) is 37.1 Å². The number of anilines is 1. The van der Waals surface area contributed by atoms with Crippen molar-refractivity contribution >= 4 is 21.7 Å². The number of hydrogen-bond donors (Lipinski definition) is 2. The fourth-order valence-corrected chi connectivity index (χ4v) is 4.01. The number of carbonyl (C=O) groups excluding carboxylic acids is 1. The van der Waals surface area contributed by atoms with Crippen LogP contribution < -0.4 is 10.5 Å². The number of piperazine rings is 1. The number of primary sulfonamides is 1. The standard InChI is InChI=1S/C16H24N4O3S/c17-24(22,23)15-7-5-13(6-8-15)18-16(21)20-11-9-19(10-12-20)14-3-1-2-4-14/h5-8,14H,1-4,9-12H2,(H,18,21)(H2,17,22,23). The van der Waals surface area contributed by atoms with Crippen LogP contribution >= 0.6 is 0 Å². The van der Waals surface area contributed by atoms with E-state index in [1.54, 1.807) is 17.0 Å². The average molecular weight is 352 g/mol. The van der Waals surface area contributed by atoms with Gasteiger partial charge in [-0.1, -0.05) is 12.8 Å². The van der Waals surface area contributed by atoms with Gasteiger partial charge in [0.2, 0.25) is 10.0 Å². The summed E-state index contributed by atoms with van der Waals surface area (Å²) in [6.07, 6.45) is 5.20. The normalized spacial score (nSPS) is 20.3. The van der Waals surface area contributed by atoms with E-state index in [9.17, 15) is 13.2 Å². The molecule has 0 unspecified atom stereocenters. The highest BCUT2D eigenvalue weighted by molar-refractivity contribution is 7.89. The Kier molecular flexibility index (Phi) is 5.07. The monoisotopic (exact) mass is 352 g/mol. The first-order valence-corrected chi connectivity index (χ1v) is 9.91. The molecule has 0 bridgehead atoms. The molecule has 132 valence electrons. The fourth-order valence-electron chi connectivity index (χ4n) is 3.49. The molecule has 8 heteroatoms. The predicted molar refractivity (Wildman–Crippen MR) is 92.2 cm³/mol. The largest absolute Gasteiger partial charge is 0.322 e. The van der Waals surface area contributed by atoms with Gasteiger partial charge in [0, 0.05) is 37.9 Å². The Balaban J connectivity index is 1.52. The van der Waals surface area contributed by atoms with Gasteiger partial charge in [-0.3, -0.25) is 4.90 Å². The van der Waals surface area contributed by atoms with Crippen LogP contribution in [0.4, 0.5) is 10.5 Å². The van der Waals surface area contributed by atoms with Crippen molar-refractivity contribution in [2.75, 3.05) is 31.5 Å². The van der Waals surface area contributed by atoms with Crippen LogP contribution in [-0.2, 0) is 10.0 Å². The summed E-state index contributed by atoms with van der Waals surface area (Å²) in [7, 11) is -3.71. The second-order valence-electron chi connectivity index (χ2n) is 6.46. The van der Waals surface area contributed by atoms with E-state index >= 15 is 0 Å². The number of hydrogen-bond acceptors (Lipinski definition) is 4. The summed E-state index contributed by atoms with van der Waals surface area (Å²) in [4.78, 5) is 16.7. The van der Waals surface area contributed by atoms with Crippen molar-refractivity contribution in [3.8, 4) is 0 Å². The second-order valence-corrected chi connectivity index (χ2v) is 8.02. The maximum atomic E-state index is 12.3. The van der Waals surface area contributed by atoms with Crippen LogP contribution in [0.3, 0.4) is 0 Å². The Morgan fingerprint density at radius 3 is 2.17 bits per heavy atom. The zero-order valence-corrected chi connectivity index (χ0v) is 14.5. The van der Waals surface area contributed by atoms with Gasteiger partial charge in [-0.25, -0.2) is 18.4 Å². The number of sulfonamides is 1. The first-order valence-electron chi connectivity index (χ1n) is 8.36. The van der Waals surface area contributed by atoms with Gasteiger partial charge in [-0.15, -0.1) is 0 Å². The zero-order valence-electron chi connectivity index (χ0n) is 13.6. The maximum absolute atomic E-state index is 12.3. The van der Waals surface area contributed by atoms with Gasteiger partial charge in [0.25, 0.3) is 0 Å². The molecule has 2 fully saturated rings. The van der Waals surface area contributed by atoms with Gasteiger partial charge in [0.15, 0.2) is 0 Å². The molecule has 1 aliphatic heterocycles. The molecule has 1 aromatic rings. The lowest BCUT2D eigenvalue weighted by Gasteiger charge is -2.38. The van der Waals surface area contributed by atoms with E-state index in [4.69, 9.17) is 5.14 Å². The Bertz CT molecular complexity index is 676. The van der Waals surface area contributed by atoms with Gasteiger partial charge in [-0.2, -0.15) is 0 Å². The third-order valence-corrected chi connectivity index (χ3v) is 5.81. The molecule has 0 aromatic heterocycles. The third kappa shape index (κ3) is 4.06. The van der Waals surface area contributed by atoms with Gasteiger partial charge < -0.3 is 10.2 Å². The fraction of sp³-hybridized carbons (Fsp3) is 0.562. The highest BCUT2D eigenvalue weighted by Crippen LogP contribution is 2.24. The minimum Gasteiger partial charge on any atom is -0.322 e. The number of nitrogens with one attached hydrogen (secondary N) is 1. The molecule has 3 N–H and O–H groups in total. The molecule has 0 atom stereocenters. The highest BCUT2D eigenvalue weighted by Gasteiger charge is 2.27. The minimum atomic E-state index is -3.71. The number of nitrogens with two attached hydrogens (primary N) is 1. The van der Waals surface area contributed by atoms with Crippen molar-refractivity contribution in [3.05, 3.63) is 24.3 Å². The SMILES string of the molecule is NS(=O)(=O)c1ccc(NC(=O)N2CCN(C3CCCC3)CC2)cc1. The molecular formula is C16H24N4O3S. The van der Waals surface area contributed by atoms with Gasteiger partial charge in [0.1, 0.15) is 0 Å². The number of carbonyl (C=O) groups is 1. The highest BCUT2D eigenvalue weighted by atomic mass is 32.2. The molecule has 24 heavy (non-hydrogen) atoms. The molecule has 0 spiro atoms. The predicted octanol–water partition coefficient (Wildman–Crippen LogP) is 1.43. The average Bonchev–Trinajstić information content (AvgIpc) is 3.09. The van der Waals surface area contributed by atoms with E-state index in [0.29, 0.717) is 11.7 Å². The Morgan fingerprint density at radius 2 is 1.62 bits per heavy atom. The molecular weight excluding hydrogens is 328 g/mol. The van der Waals surface area contributed by atoms with E-state index in [-0.39, 0.29) is 10.9 Å². The smallest absolute Gasteiger partial charge is 0.321 e. The van der Waals surface area contributed by atoms with Crippen LogP contribution in [0.25, 0.3) is 0 Å². The van der Waals surface area contributed by atoms with Crippen LogP contribution in [0.1, 0.15) is 25.7 Å². The minimum absolute atomic E-state index is 0.0330. The van der Waals surface area contributed by atoms with E-state index in [2.05, 4.69) is 10.2 Å². The van der Waals surface area contributed by atoms with Crippen LogP contribution in [-0.4, -0.2) is 56.5 Å². The van der Waals surface area contributed by atoms with Gasteiger partial charge >= 0.3 is 6.03 Å². The van der Waals surface area contributed by atoms with Crippen molar-refractivity contribution in [2.24, 2.45) is 5.14 Å². The number of nitrogens with zero attached hydrogens (tertiary/aromatic N) is 2. The molecule has 1 aliphatic carbocycles. The first kappa shape index (κ1) is 17.2. The van der Waals surface area contributed by atoms with Gasteiger partial charge in [0.05, 0.1) is 4.90 Å². The van der Waals surface area contributed by atoms with E-state index in [1.165, 1.54) is 37.8 Å². The number of amides is 2. The van der Waals surface area contributed by atoms with Crippen molar-refractivity contribution in [1.29, 1.82) is 0 Å². The lowest BCUT2D eigenvalue weighted by molar-refractivity contribution is 0.115. The van der Waals surface area contributed by atoms with Crippen molar-refractivity contribution in [2.45, 2.75) is 36.6 Å². The molecule has 1 aromatic carbocycles. The van der Waals surface area contributed by atoms with Crippen molar-refractivity contribution in [1.82, 2.24) is 9.80 Å². The van der Waals surface area contributed by atoms with Crippen LogP contribution in [0.15, 0.2) is 29.2 Å². The third-order valence-electron chi connectivity index (χ3n) is 4.88. The molecule has 2 amide bonds. The first-order chi connectivity index (χ1) is 11.4. The summed E-state index contributed by atoms with van der Waals surface area (Å²) in [6.45, 7) is 3.28. The summed E-state index contributed by atoms with van der Waals surface area (Å²) >= 11 is 0. The summed E-state index contributed by atoms with van der Waals surface area (Å²) in [5.41, 5.74) is 0.561. The van der Waals surface area contributed by atoms with E-state index in [1.807, 2.05) is 0 Å². The van der Waals surface area contributed by atoms with Crippen LogP contribution in [0, 0.1) is 0 Å². The maximum Gasteiger partial charge on any atom is 0.321 e. The van der Waals surface area contributed by atoms with E-state index < -0.39 is 10.0 Å². The number of benzene rings is 1. The molecule has 1 heterocycles. The summed E-state index contributed by atoms with van der Waals surface area (Å²) in [6, 6.07) is 6.43. The number of rotatable bonds is 3. The van der Waals surface area contributed by atoms with Crippen molar-refractivity contribution < 1.29 is 13.2 Å². The summed E-state index contributed by atoms with van der Waals surface area (Å²) < 4.78 is 22.5. The molecule has 3 rings (SSSR count). The lowest BCUT2D eigenvalue weighted by atomic mass is 10.2. The Labute approximate surface area is 142 Å². The molecule has 2 aliphatic rings. The second kappa shape index (κ2) is 7.08. The lowest BCUT2D eigenvalue weighted by Crippen LogP contribution is -2.52. The summed E-state index contributed by atoms with van der Waals surface area (Å²) in [5.74, 6) is 0. The molecule has 0 radical (unpaired) electrons. The van der Waals surface area contributed by atoms with Crippen LogP contribution in [0.2, 0.25) is 0 Å². The quantitative estimate of drug-likeness (QED) is 0.860. The Hall–Kier alpha value is -1.64. The molecule has 1 saturated carbocycles. The summed E-state index contributed by atoms with van der Waals surface area (Å²) in [5, 5.41) is 7.87.